The Balaban J connectivity index is 2.07. The lowest BCUT2D eigenvalue weighted by atomic mass is 9.99. The number of anilines is 1. The molecule has 0 radical (unpaired) electrons. The van der Waals surface area contributed by atoms with E-state index in [0.717, 1.165) is 31.7 Å². The van der Waals surface area contributed by atoms with Gasteiger partial charge in [-0.25, -0.2) is 9.18 Å². The van der Waals surface area contributed by atoms with Crippen LogP contribution in [0, 0.1) is 18.2 Å². The molecule has 0 atom stereocenters. The van der Waals surface area contributed by atoms with Crippen molar-refractivity contribution in [3.63, 3.8) is 0 Å². The molecule has 0 spiro atoms. The molecule has 1 aromatic carbocycles. The summed E-state index contributed by atoms with van der Waals surface area (Å²) < 4.78 is 18.6. The number of halogens is 1. The number of nitrogens with one attached hydrogen (secondary N) is 2. The normalized spacial score (nSPS) is 15.9. The van der Waals surface area contributed by atoms with Gasteiger partial charge in [0, 0.05) is 6.07 Å². The number of terminal acetylenes is 1. The van der Waals surface area contributed by atoms with Gasteiger partial charge in [-0.05, 0) is 25.0 Å². The summed E-state index contributed by atoms with van der Waals surface area (Å²) in [5, 5.41) is 14.8. The van der Waals surface area contributed by atoms with E-state index in [9.17, 15) is 14.3 Å². The molecule has 1 aliphatic rings. The van der Waals surface area contributed by atoms with Crippen molar-refractivity contribution in [2.75, 3.05) is 18.5 Å². The molecule has 1 saturated carbocycles. The molecule has 118 valence electrons. The topological polar surface area (TPSA) is 70.6 Å². The van der Waals surface area contributed by atoms with Gasteiger partial charge in [0.05, 0.1) is 17.8 Å². The lowest BCUT2D eigenvalue weighted by Gasteiger charge is -2.28. The highest BCUT2D eigenvalue weighted by molar-refractivity contribution is 5.91. The third kappa shape index (κ3) is 3.89. The first-order valence-corrected chi connectivity index (χ1v) is 7.14. The number of aliphatic hydroxyl groups is 1. The Labute approximate surface area is 128 Å². The zero-order chi connectivity index (χ0) is 16.0. The molecule has 3 N–H and O–H groups in total. The summed E-state index contributed by atoms with van der Waals surface area (Å²) in [7, 11) is 0. The van der Waals surface area contributed by atoms with Crippen LogP contribution in [0.3, 0.4) is 0 Å². The smallest absolute Gasteiger partial charge is 0.319 e. The van der Waals surface area contributed by atoms with Crippen molar-refractivity contribution in [2.24, 2.45) is 0 Å². The van der Waals surface area contributed by atoms with Crippen LogP contribution in [0.2, 0.25) is 0 Å². The maximum absolute atomic E-state index is 13.4. The van der Waals surface area contributed by atoms with Gasteiger partial charge in [-0.3, -0.25) is 0 Å². The second-order valence-corrected chi connectivity index (χ2v) is 5.36. The summed E-state index contributed by atoms with van der Waals surface area (Å²) in [5.41, 5.74) is -0.407. The third-order valence-corrected chi connectivity index (χ3v) is 3.74. The monoisotopic (exact) mass is 306 g/mol. The Morgan fingerprint density at radius 3 is 2.82 bits per heavy atom. The van der Waals surface area contributed by atoms with E-state index in [-0.39, 0.29) is 18.9 Å². The van der Waals surface area contributed by atoms with Crippen molar-refractivity contribution in [3.8, 4) is 18.1 Å². The number of benzene rings is 1. The largest absolute Gasteiger partial charge is 0.479 e. The SMILES string of the molecule is C#CCOc1ccc(F)cc1NC(=O)NC1(CO)CCCC1. The predicted octanol–water partition coefficient (Wildman–Crippen LogP) is 2.26. The second-order valence-electron chi connectivity index (χ2n) is 5.36. The summed E-state index contributed by atoms with van der Waals surface area (Å²) in [6.07, 6.45) is 8.48. The Kier molecular flexibility index (Phi) is 5.23. The molecule has 2 rings (SSSR count). The number of urea groups is 1. The van der Waals surface area contributed by atoms with Crippen LogP contribution in [-0.2, 0) is 0 Å². The van der Waals surface area contributed by atoms with Crippen LogP contribution in [0.25, 0.3) is 0 Å². The van der Waals surface area contributed by atoms with Crippen molar-refractivity contribution >= 4 is 11.7 Å². The van der Waals surface area contributed by atoms with Gasteiger partial charge < -0.3 is 20.5 Å². The molecular formula is C16H19FN2O3. The van der Waals surface area contributed by atoms with Gasteiger partial charge in [-0.2, -0.15) is 0 Å². The highest BCUT2D eigenvalue weighted by Gasteiger charge is 2.34. The van der Waals surface area contributed by atoms with Crippen LogP contribution in [-0.4, -0.2) is 29.9 Å². The zero-order valence-corrected chi connectivity index (χ0v) is 12.2. The van der Waals surface area contributed by atoms with E-state index < -0.39 is 17.4 Å². The Hall–Kier alpha value is -2.26. The first-order chi connectivity index (χ1) is 10.6. The van der Waals surface area contributed by atoms with Crippen LogP contribution in [0.5, 0.6) is 5.75 Å². The van der Waals surface area contributed by atoms with Crippen LogP contribution >= 0.6 is 0 Å². The number of hydrogen-bond donors (Lipinski definition) is 3. The maximum Gasteiger partial charge on any atom is 0.319 e. The van der Waals surface area contributed by atoms with Gasteiger partial charge in [0.25, 0.3) is 0 Å². The molecule has 0 bridgehead atoms. The van der Waals surface area contributed by atoms with Crippen LogP contribution in [0.15, 0.2) is 18.2 Å². The van der Waals surface area contributed by atoms with Crippen molar-refractivity contribution in [1.29, 1.82) is 0 Å². The molecule has 0 aliphatic heterocycles. The quantitative estimate of drug-likeness (QED) is 0.731. The van der Waals surface area contributed by atoms with E-state index in [2.05, 4.69) is 16.6 Å². The van der Waals surface area contributed by atoms with Crippen molar-refractivity contribution in [2.45, 2.75) is 31.2 Å². The summed E-state index contributed by atoms with van der Waals surface area (Å²) in [5.74, 6) is 2.10. The third-order valence-electron chi connectivity index (χ3n) is 3.74. The first kappa shape index (κ1) is 16.1. The summed E-state index contributed by atoms with van der Waals surface area (Å²) in [4.78, 5) is 12.1. The van der Waals surface area contributed by atoms with Gasteiger partial charge in [0.1, 0.15) is 18.2 Å². The molecule has 1 aliphatic carbocycles. The number of rotatable bonds is 5. The highest BCUT2D eigenvalue weighted by Crippen LogP contribution is 2.30. The predicted molar refractivity (Wildman–Crippen MR) is 81.2 cm³/mol. The number of amides is 2. The minimum absolute atomic E-state index is 0.0164. The minimum Gasteiger partial charge on any atom is -0.479 e. The van der Waals surface area contributed by atoms with E-state index in [1.807, 2.05) is 0 Å². The molecule has 0 saturated heterocycles. The average molecular weight is 306 g/mol. The number of aliphatic hydroxyl groups excluding tert-OH is 1. The molecule has 0 unspecified atom stereocenters. The number of ether oxygens (including phenoxy) is 1. The van der Waals surface area contributed by atoms with Gasteiger partial charge in [0.2, 0.25) is 0 Å². The lowest BCUT2D eigenvalue weighted by Crippen LogP contribution is -2.50. The van der Waals surface area contributed by atoms with Gasteiger partial charge in [-0.15, -0.1) is 6.42 Å². The highest BCUT2D eigenvalue weighted by atomic mass is 19.1. The molecular weight excluding hydrogens is 287 g/mol. The Morgan fingerprint density at radius 2 is 2.18 bits per heavy atom. The lowest BCUT2D eigenvalue weighted by molar-refractivity contribution is 0.167. The first-order valence-electron chi connectivity index (χ1n) is 7.14. The fourth-order valence-corrected chi connectivity index (χ4v) is 2.61. The van der Waals surface area contributed by atoms with Crippen molar-refractivity contribution in [1.82, 2.24) is 5.32 Å². The van der Waals surface area contributed by atoms with Gasteiger partial charge in [0.15, 0.2) is 0 Å². The Bertz CT molecular complexity index is 577. The standard InChI is InChI=1S/C16H19FN2O3/c1-2-9-22-14-6-5-12(17)10-13(14)18-15(21)19-16(11-20)7-3-4-8-16/h1,5-6,10,20H,3-4,7-9,11H2,(H2,18,19,21). The average Bonchev–Trinajstić information content (AvgIpc) is 2.95. The molecule has 5 nitrogen and oxygen atoms in total. The number of carbonyl (C=O) groups is 1. The molecule has 2 amide bonds. The van der Waals surface area contributed by atoms with Gasteiger partial charge in [-0.1, -0.05) is 18.8 Å². The molecule has 0 heterocycles. The van der Waals surface area contributed by atoms with Gasteiger partial charge >= 0.3 is 6.03 Å². The fraction of sp³-hybridized carbons (Fsp3) is 0.438. The van der Waals surface area contributed by atoms with E-state index in [4.69, 9.17) is 11.2 Å². The van der Waals surface area contributed by atoms with E-state index in [0.29, 0.717) is 5.75 Å². The van der Waals surface area contributed by atoms with Crippen LogP contribution in [0.1, 0.15) is 25.7 Å². The van der Waals surface area contributed by atoms with E-state index >= 15 is 0 Å². The molecule has 0 aromatic heterocycles. The van der Waals surface area contributed by atoms with Crippen LogP contribution in [0.4, 0.5) is 14.9 Å². The fourth-order valence-electron chi connectivity index (χ4n) is 2.61. The zero-order valence-electron chi connectivity index (χ0n) is 12.2. The summed E-state index contributed by atoms with van der Waals surface area (Å²) in [6.45, 7) is -0.105. The van der Waals surface area contributed by atoms with Crippen LogP contribution < -0.4 is 15.4 Å². The van der Waals surface area contributed by atoms with E-state index in [1.54, 1.807) is 0 Å². The Morgan fingerprint density at radius 1 is 1.45 bits per heavy atom. The maximum atomic E-state index is 13.4. The molecule has 1 fully saturated rings. The minimum atomic E-state index is -0.600. The molecule has 1 aromatic rings. The second kappa shape index (κ2) is 7.14. The number of hydrogen-bond acceptors (Lipinski definition) is 3. The summed E-state index contributed by atoms with van der Waals surface area (Å²) >= 11 is 0. The molecule has 6 heteroatoms. The molecule has 22 heavy (non-hydrogen) atoms. The summed E-state index contributed by atoms with van der Waals surface area (Å²) in [6, 6.07) is 3.28. The van der Waals surface area contributed by atoms with E-state index in [1.165, 1.54) is 12.1 Å². The van der Waals surface area contributed by atoms with Crippen molar-refractivity contribution in [3.05, 3.63) is 24.0 Å². The van der Waals surface area contributed by atoms with Crippen molar-refractivity contribution < 1.29 is 19.0 Å². The number of carbonyl (C=O) groups excluding carboxylic acids is 1.